The molecule has 0 amide bonds. The van der Waals surface area contributed by atoms with Crippen LogP contribution in [0.15, 0.2) is 18.2 Å². The van der Waals surface area contributed by atoms with Crippen LogP contribution in [0.4, 0.5) is 0 Å². The zero-order valence-electron chi connectivity index (χ0n) is 14.1. The van der Waals surface area contributed by atoms with Gasteiger partial charge in [0.1, 0.15) is 5.75 Å². The van der Waals surface area contributed by atoms with Gasteiger partial charge in [-0.1, -0.05) is 40.7 Å². The molecule has 3 rings (SSSR count). The van der Waals surface area contributed by atoms with Gasteiger partial charge in [-0.05, 0) is 48.4 Å². The van der Waals surface area contributed by atoms with Crippen LogP contribution < -0.4 is 10.1 Å². The van der Waals surface area contributed by atoms with Crippen LogP contribution in [0.2, 0.25) is 0 Å². The molecule has 2 unspecified atom stereocenters. The molecule has 1 aliphatic carbocycles. The van der Waals surface area contributed by atoms with Crippen LogP contribution in [0.5, 0.6) is 5.75 Å². The van der Waals surface area contributed by atoms with Crippen LogP contribution in [0.3, 0.4) is 0 Å². The van der Waals surface area contributed by atoms with E-state index in [-0.39, 0.29) is 5.41 Å². The molecule has 1 heterocycles. The third-order valence-electron chi connectivity index (χ3n) is 5.29. The Balaban J connectivity index is 1.90. The number of benzene rings is 1. The molecule has 1 aromatic carbocycles. The SMILES string of the molecule is CCCNC(c1ccc2c(c1)C(C)(C)CO2)C1CC1(C)C. The Hall–Kier alpha value is -1.02. The van der Waals surface area contributed by atoms with Gasteiger partial charge < -0.3 is 10.1 Å². The first kappa shape index (κ1) is 14.9. The van der Waals surface area contributed by atoms with E-state index in [0.29, 0.717) is 11.5 Å². The molecule has 2 atom stereocenters. The Bertz CT molecular complexity index is 532. The maximum Gasteiger partial charge on any atom is 0.123 e. The van der Waals surface area contributed by atoms with E-state index >= 15 is 0 Å². The molecule has 21 heavy (non-hydrogen) atoms. The van der Waals surface area contributed by atoms with Gasteiger partial charge in [0, 0.05) is 17.0 Å². The number of rotatable bonds is 5. The van der Waals surface area contributed by atoms with Gasteiger partial charge in [0.05, 0.1) is 6.61 Å². The van der Waals surface area contributed by atoms with Crippen LogP contribution in [-0.2, 0) is 5.41 Å². The zero-order valence-corrected chi connectivity index (χ0v) is 14.1. The van der Waals surface area contributed by atoms with E-state index in [1.807, 2.05) is 0 Å². The molecule has 0 bridgehead atoms. The van der Waals surface area contributed by atoms with Crippen molar-refractivity contribution in [1.29, 1.82) is 0 Å². The van der Waals surface area contributed by atoms with E-state index < -0.39 is 0 Å². The first-order valence-corrected chi connectivity index (χ1v) is 8.36. The summed E-state index contributed by atoms with van der Waals surface area (Å²) in [5.74, 6) is 1.83. The molecule has 1 aliphatic heterocycles. The maximum absolute atomic E-state index is 5.83. The number of ether oxygens (including phenoxy) is 1. The second-order valence-corrected chi connectivity index (χ2v) is 8.16. The van der Waals surface area contributed by atoms with E-state index in [1.165, 1.54) is 24.0 Å². The van der Waals surface area contributed by atoms with Gasteiger partial charge in [-0.15, -0.1) is 0 Å². The first-order valence-electron chi connectivity index (χ1n) is 8.36. The largest absolute Gasteiger partial charge is 0.492 e. The fourth-order valence-corrected chi connectivity index (χ4v) is 3.60. The topological polar surface area (TPSA) is 21.3 Å². The lowest BCUT2D eigenvalue weighted by Crippen LogP contribution is -2.26. The van der Waals surface area contributed by atoms with Crippen molar-refractivity contribution >= 4 is 0 Å². The Morgan fingerprint density at radius 3 is 2.62 bits per heavy atom. The smallest absolute Gasteiger partial charge is 0.123 e. The highest BCUT2D eigenvalue weighted by Gasteiger charge is 2.50. The molecule has 1 N–H and O–H groups in total. The third kappa shape index (κ3) is 2.70. The molecule has 1 fully saturated rings. The van der Waals surface area contributed by atoms with Crippen molar-refractivity contribution in [3.8, 4) is 5.75 Å². The van der Waals surface area contributed by atoms with E-state index in [0.717, 1.165) is 24.8 Å². The second kappa shape index (κ2) is 5.01. The number of hydrogen-bond acceptors (Lipinski definition) is 2. The summed E-state index contributed by atoms with van der Waals surface area (Å²) in [5, 5.41) is 3.78. The van der Waals surface area contributed by atoms with Gasteiger partial charge in [-0.3, -0.25) is 0 Å². The van der Waals surface area contributed by atoms with Crippen LogP contribution in [0.1, 0.15) is 64.6 Å². The van der Waals surface area contributed by atoms with Crippen molar-refractivity contribution in [2.45, 2.75) is 58.9 Å². The normalized spacial score (nSPS) is 26.0. The van der Waals surface area contributed by atoms with Crippen molar-refractivity contribution in [1.82, 2.24) is 5.32 Å². The fourth-order valence-electron chi connectivity index (χ4n) is 3.60. The van der Waals surface area contributed by atoms with Gasteiger partial charge in [0.25, 0.3) is 0 Å². The molecular weight excluding hydrogens is 258 g/mol. The molecule has 0 spiro atoms. The molecule has 2 nitrogen and oxygen atoms in total. The molecule has 1 saturated carbocycles. The molecule has 0 radical (unpaired) electrons. The summed E-state index contributed by atoms with van der Waals surface area (Å²) >= 11 is 0. The van der Waals surface area contributed by atoms with Crippen molar-refractivity contribution in [2.24, 2.45) is 11.3 Å². The average Bonchev–Trinajstić information content (AvgIpc) is 2.94. The van der Waals surface area contributed by atoms with Crippen molar-refractivity contribution in [3.05, 3.63) is 29.3 Å². The van der Waals surface area contributed by atoms with E-state index in [4.69, 9.17) is 4.74 Å². The Labute approximate surface area is 129 Å². The van der Waals surface area contributed by atoms with Gasteiger partial charge in [-0.2, -0.15) is 0 Å². The number of nitrogens with one attached hydrogen (secondary N) is 1. The monoisotopic (exact) mass is 287 g/mol. The van der Waals surface area contributed by atoms with Crippen molar-refractivity contribution in [2.75, 3.05) is 13.2 Å². The fraction of sp³-hybridized carbons (Fsp3) is 0.684. The van der Waals surface area contributed by atoms with Crippen molar-refractivity contribution in [3.63, 3.8) is 0 Å². The molecule has 1 aromatic rings. The van der Waals surface area contributed by atoms with Crippen molar-refractivity contribution < 1.29 is 4.74 Å². The molecule has 0 saturated heterocycles. The lowest BCUT2D eigenvalue weighted by Gasteiger charge is -2.23. The second-order valence-electron chi connectivity index (χ2n) is 8.16. The van der Waals surface area contributed by atoms with E-state index in [2.05, 4.69) is 58.1 Å². The minimum absolute atomic E-state index is 0.139. The molecule has 2 aliphatic rings. The van der Waals surface area contributed by atoms with Gasteiger partial charge in [0.2, 0.25) is 0 Å². The highest BCUT2D eigenvalue weighted by Crippen LogP contribution is 2.58. The molecular formula is C19H29NO. The van der Waals surface area contributed by atoms with E-state index in [1.54, 1.807) is 0 Å². The highest BCUT2D eigenvalue weighted by atomic mass is 16.5. The van der Waals surface area contributed by atoms with Gasteiger partial charge >= 0.3 is 0 Å². The minimum atomic E-state index is 0.139. The summed E-state index contributed by atoms with van der Waals surface area (Å²) in [7, 11) is 0. The quantitative estimate of drug-likeness (QED) is 0.864. The predicted octanol–water partition coefficient (Wildman–Crippen LogP) is 4.44. The summed E-state index contributed by atoms with van der Waals surface area (Å²) in [4.78, 5) is 0. The Morgan fingerprint density at radius 2 is 2.00 bits per heavy atom. The summed E-state index contributed by atoms with van der Waals surface area (Å²) in [6, 6.07) is 7.32. The van der Waals surface area contributed by atoms with E-state index in [9.17, 15) is 0 Å². The van der Waals surface area contributed by atoms with Gasteiger partial charge in [-0.25, -0.2) is 0 Å². The van der Waals surface area contributed by atoms with Crippen LogP contribution in [0, 0.1) is 11.3 Å². The average molecular weight is 287 g/mol. The minimum Gasteiger partial charge on any atom is -0.492 e. The first-order chi connectivity index (χ1) is 9.85. The lowest BCUT2D eigenvalue weighted by atomic mass is 9.84. The van der Waals surface area contributed by atoms with Crippen LogP contribution in [0.25, 0.3) is 0 Å². The summed E-state index contributed by atoms with van der Waals surface area (Å²) < 4.78 is 5.83. The lowest BCUT2D eigenvalue weighted by molar-refractivity contribution is 0.291. The Kier molecular flexibility index (Phi) is 3.56. The van der Waals surface area contributed by atoms with Crippen LogP contribution >= 0.6 is 0 Å². The number of fused-ring (bicyclic) bond motifs is 1. The summed E-state index contributed by atoms with van der Waals surface area (Å²) in [6.45, 7) is 13.5. The van der Waals surface area contributed by atoms with Crippen LogP contribution in [-0.4, -0.2) is 13.2 Å². The zero-order chi connectivity index (χ0) is 15.3. The molecule has 116 valence electrons. The standard InChI is InChI=1S/C19H29NO/c1-6-9-20-17(15-11-18(15,2)3)13-7-8-16-14(10-13)19(4,5)12-21-16/h7-8,10,15,17,20H,6,9,11-12H2,1-5H3. The highest BCUT2D eigenvalue weighted by molar-refractivity contribution is 5.46. The predicted molar refractivity (Wildman–Crippen MR) is 87.9 cm³/mol. The Morgan fingerprint density at radius 1 is 1.29 bits per heavy atom. The number of hydrogen-bond donors (Lipinski definition) is 1. The molecule has 0 aromatic heterocycles. The summed E-state index contributed by atoms with van der Waals surface area (Å²) in [6.07, 6.45) is 2.51. The molecule has 2 heteroatoms. The summed E-state index contributed by atoms with van der Waals surface area (Å²) in [5.41, 5.74) is 3.44. The third-order valence-corrected chi connectivity index (χ3v) is 5.29. The maximum atomic E-state index is 5.83. The van der Waals surface area contributed by atoms with Gasteiger partial charge in [0.15, 0.2) is 0 Å².